The second-order valence-corrected chi connectivity index (χ2v) is 6.00. The Bertz CT molecular complexity index is 875. The van der Waals surface area contributed by atoms with Gasteiger partial charge in [0.25, 0.3) is 0 Å². The Morgan fingerprint density at radius 1 is 1.42 bits per heavy atom. The molecule has 1 aliphatic heterocycles. The molecular weight excluding hydrogens is 337 g/mol. The molecule has 2 N–H and O–H groups in total. The number of anilines is 1. The summed E-state index contributed by atoms with van der Waals surface area (Å²) in [4.78, 5) is 25.5. The molecule has 0 bridgehead atoms. The molecule has 0 radical (unpaired) electrons. The molecule has 0 atom stereocenters. The molecule has 128 valence electrons. The SMILES string of the molecule is CCn1cc(C(=O)O)c(=O)c2cc(F)c(N3CCNCC3)c(Cl)c21. The van der Waals surface area contributed by atoms with Crippen molar-refractivity contribution in [3.63, 3.8) is 0 Å². The number of nitrogens with one attached hydrogen (secondary N) is 1. The number of benzene rings is 1. The quantitative estimate of drug-likeness (QED) is 0.882. The summed E-state index contributed by atoms with van der Waals surface area (Å²) in [5, 5.41) is 12.5. The van der Waals surface area contributed by atoms with Crippen LogP contribution in [0.1, 0.15) is 17.3 Å². The normalized spacial score (nSPS) is 15.0. The van der Waals surface area contributed by atoms with Crippen LogP contribution in [0.15, 0.2) is 17.1 Å². The Balaban J connectivity index is 2.34. The van der Waals surface area contributed by atoms with Crippen LogP contribution >= 0.6 is 11.6 Å². The van der Waals surface area contributed by atoms with Gasteiger partial charge in [0.1, 0.15) is 11.4 Å². The average Bonchev–Trinajstić information content (AvgIpc) is 2.56. The van der Waals surface area contributed by atoms with E-state index in [0.29, 0.717) is 38.2 Å². The van der Waals surface area contributed by atoms with Crippen LogP contribution in [0.25, 0.3) is 10.9 Å². The fourth-order valence-electron chi connectivity index (χ4n) is 3.06. The number of carboxylic acid groups (broad SMARTS) is 1. The van der Waals surface area contributed by atoms with Crippen LogP contribution in [0.2, 0.25) is 5.02 Å². The van der Waals surface area contributed by atoms with E-state index in [1.807, 2.05) is 4.90 Å². The fraction of sp³-hybridized carbons (Fsp3) is 0.375. The Labute approximate surface area is 142 Å². The monoisotopic (exact) mass is 353 g/mol. The highest BCUT2D eigenvalue weighted by molar-refractivity contribution is 6.38. The van der Waals surface area contributed by atoms with Crippen molar-refractivity contribution in [2.75, 3.05) is 31.1 Å². The zero-order valence-electron chi connectivity index (χ0n) is 13.1. The second kappa shape index (κ2) is 6.41. The third kappa shape index (κ3) is 2.63. The molecule has 8 heteroatoms. The number of aromatic carboxylic acids is 1. The van der Waals surface area contributed by atoms with Crippen LogP contribution in [0.4, 0.5) is 10.1 Å². The molecule has 0 unspecified atom stereocenters. The van der Waals surface area contributed by atoms with Gasteiger partial charge in [0.2, 0.25) is 5.43 Å². The third-order valence-corrected chi connectivity index (χ3v) is 4.59. The summed E-state index contributed by atoms with van der Waals surface area (Å²) < 4.78 is 16.2. The lowest BCUT2D eigenvalue weighted by Crippen LogP contribution is -2.44. The highest BCUT2D eigenvalue weighted by Crippen LogP contribution is 2.35. The first kappa shape index (κ1) is 16.7. The summed E-state index contributed by atoms with van der Waals surface area (Å²) in [6.45, 7) is 4.85. The van der Waals surface area contributed by atoms with Crippen molar-refractivity contribution in [1.82, 2.24) is 9.88 Å². The van der Waals surface area contributed by atoms with Gasteiger partial charge < -0.3 is 19.9 Å². The Hall–Kier alpha value is -2.12. The van der Waals surface area contributed by atoms with Gasteiger partial charge in [-0.05, 0) is 13.0 Å². The molecule has 1 aliphatic rings. The van der Waals surface area contributed by atoms with E-state index in [4.69, 9.17) is 11.6 Å². The highest BCUT2D eigenvalue weighted by atomic mass is 35.5. The Morgan fingerprint density at radius 2 is 2.08 bits per heavy atom. The van der Waals surface area contributed by atoms with Crippen LogP contribution in [-0.4, -0.2) is 41.8 Å². The number of aryl methyl sites for hydroxylation is 1. The van der Waals surface area contributed by atoms with Gasteiger partial charge in [-0.15, -0.1) is 0 Å². The minimum atomic E-state index is -1.34. The number of fused-ring (bicyclic) bond motifs is 1. The van der Waals surface area contributed by atoms with E-state index in [1.54, 1.807) is 11.5 Å². The van der Waals surface area contributed by atoms with E-state index < -0.39 is 22.8 Å². The first-order valence-corrected chi connectivity index (χ1v) is 8.07. The molecule has 1 aromatic carbocycles. The maximum Gasteiger partial charge on any atom is 0.341 e. The molecule has 2 aromatic rings. The molecule has 1 saturated heterocycles. The largest absolute Gasteiger partial charge is 0.477 e. The van der Waals surface area contributed by atoms with Gasteiger partial charge in [0.05, 0.1) is 21.6 Å². The van der Waals surface area contributed by atoms with Crippen molar-refractivity contribution >= 4 is 34.2 Å². The van der Waals surface area contributed by atoms with Crippen LogP contribution in [-0.2, 0) is 6.54 Å². The van der Waals surface area contributed by atoms with Crippen LogP contribution in [0, 0.1) is 5.82 Å². The summed E-state index contributed by atoms with van der Waals surface area (Å²) in [7, 11) is 0. The minimum Gasteiger partial charge on any atom is -0.477 e. The maximum absolute atomic E-state index is 14.7. The summed E-state index contributed by atoms with van der Waals surface area (Å²) >= 11 is 6.46. The van der Waals surface area contributed by atoms with Gasteiger partial charge in [0, 0.05) is 38.9 Å². The Kier molecular flexibility index (Phi) is 4.47. The lowest BCUT2D eigenvalue weighted by atomic mass is 10.1. The summed E-state index contributed by atoms with van der Waals surface area (Å²) in [5.74, 6) is -1.96. The third-order valence-electron chi connectivity index (χ3n) is 4.23. The number of halogens is 2. The molecule has 1 fully saturated rings. The molecule has 6 nitrogen and oxygen atoms in total. The number of hydrogen-bond donors (Lipinski definition) is 2. The van der Waals surface area contributed by atoms with E-state index in [1.165, 1.54) is 6.20 Å². The van der Waals surface area contributed by atoms with Crippen LogP contribution in [0.5, 0.6) is 0 Å². The topological polar surface area (TPSA) is 74.6 Å². The molecule has 1 aromatic heterocycles. The molecule has 0 saturated carbocycles. The standard InChI is InChI=1S/C16H17ClFN3O3/c1-2-20-8-10(16(23)24)15(22)9-7-11(18)14(12(17)13(9)20)21-5-3-19-4-6-21/h7-8,19H,2-6H2,1H3,(H,23,24). The van der Waals surface area contributed by atoms with E-state index in [-0.39, 0.29) is 16.1 Å². The number of carboxylic acids is 1. The number of aromatic nitrogens is 1. The van der Waals surface area contributed by atoms with Crippen LogP contribution in [0.3, 0.4) is 0 Å². The van der Waals surface area contributed by atoms with Gasteiger partial charge in [-0.2, -0.15) is 0 Å². The van der Waals surface area contributed by atoms with Gasteiger partial charge >= 0.3 is 5.97 Å². The summed E-state index contributed by atoms with van der Waals surface area (Å²) in [5.41, 5.74) is -0.496. The smallest absolute Gasteiger partial charge is 0.341 e. The molecule has 0 spiro atoms. The maximum atomic E-state index is 14.7. The first-order chi connectivity index (χ1) is 11.5. The van der Waals surface area contributed by atoms with Crippen LogP contribution < -0.4 is 15.6 Å². The zero-order valence-corrected chi connectivity index (χ0v) is 13.9. The summed E-state index contributed by atoms with van der Waals surface area (Å²) in [6.07, 6.45) is 1.26. The van der Waals surface area contributed by atoms with E-state index >= 15 is 0 Å². The number of rotatable bonds is 3. The zero-order chi connectivity index (χ0) is 17.4. The highest BCUT2D eigenvalue weighted by Gasteiger charge is 2.24. The Morgan fingerprint density at radius 3 is 2.67 bits per heavy atom. The summed E-state index contributed by atoms with van der Waals surface area (Å²) in [6, 6.07) is 1.10. The minimum absolute atomic E-state index is 0.0156. The van der Waals surface area contributed by atoms with Crippen molar-refractivity contribution in [1.29, 1.82) is 0 Å². The molecule has 2 heterocycles. The first-order valence-electron chi connectivity index (χ1n) is 7.69. The molecular formula is C16H17ClFN3O3. The molecule has 24 heavy (non-hydrogen) atoms. The average molecular weight is 354 g/mol. The van der Waals surface area contributed by atoms with Gasteiger partial charge in [0.15, 0.2) is 0 Å². The number of piperazine rings is 1. The van der Waals surface area contributed by atoms with Crippen molar-refractivity contribution in [3.8, 4) is 0 Å². The lowest BCUT2D eigenvalue weighted by Gasteiger charge is -2.31. The van der Waals surface area contributed by atoms with Gasteiger partial charge in [-0.25, -0.2) is 9.18 Å². The number of pyridine rings is 1. The number of carbonyl (C=O) groups is 1. The van der Waals surface area contributed by atoms with Crippen molar-refractivity contribution < 1.29 is 14.3 Å². The molecule has 0 amide bonds. The van der Waals surface area contributed by atoms with Crippen molar-refractivity contribution in [2.45, 2.75) is 13.5 Å². The van der Waals surface area contributed by atoms with Crippen molar-refractivity contribution in [3.05, 3.63) is 38.9 Å². The number of hydrogen-bond acceptors (Lipinski definition) is 4. The second-order valence-electron chi connectivity index (χ2n) is 5.62. The van der Waals surface area contributed by atoms with E-state index in [9.17, 15) is 19.1 Å². The lowest BCUT2D eigenvalue weighted by molar-refractivity contribution is 0.0695. The van der Waals surface area contributed by atoms with Gasteiger partial charge in [-0.3, -0.25) is 4.79 Å². The predicted molar refractivity (Wildman–Crippen MR) is 90.9 cm³/mol. The van der Waals surface area contributed by atoms with Gasteiger partial charge in [-0.1, -0.05) is 11.6 Å². The van der Waals surface area contributed by atoms with E-state index in [2.05, 4.69) is 5.32 Å². The molecule has 3 rings (SSSR count). The van der Waals surface area contributed by atoms with Crippen molar-refractivity contribution in [2.24, 2.45) is 0 Å². The molecule has 0 aliphatic carbocycles. The van der Waals surface area contributed by atoms with E-state index in [0.717, 1.165) is 6.07 Å². The fourth-order valence-corrected chi connectivity index (χ4v) is 3.48. The predicted octanol–water partition coefficient (Wildman–Crippen LogP) is 1.92. The number of nitrogens with zero attached hydrogens (tertiary/aromatic N) is 2.